The maximum absolute atomic E-state index is 13.5. The van der Waals surface area contributed by atoms with Gasteiger partial charge in [0.15, 0.2) is 0 Å². The lowest BCUT2D eigenvalue weighted by Gasteiger charge is -2.40. The van der Waals surface area contributed by atoms with Crippen molar-refractivity contribution in [3.05, 3.63) is 29.6 Å². The normalized spacial score (nSPS) is 33.2. The van der Waals surface area contributed by atoms with E-state index in [4.69, 9.17) is 4.74 Å². The standard InChI is InChI=1S/C15H20FNOS/c1-3-17-13-8-15(7-10(2)19-9-15)18-14-6-11(16)4-5-12(13)14/h4-6,10,13,17H,3,7-9H2,1-2H3. The molecule has 1 aromatic carbocycles. The van der Waals surface area contributed by atoms with Crippen LogP contribution in [0.1, 0.15) is 38.3 Å². The zero-order chi connectivity index (χ0) is 13.5. The van der Waals surface area contributed by atoms with Crippen molar-refractivity contribution in [3.63, 3.8) is 0 Å². The molecule has 0 aliphatic carbocycles. The highest BCUT2D eigenvalue weighted by Gasteiger charge is 2.45. The molecule has 1 aromatic rings. The molecule has 3 unspecified atom stereocenters. The predicted octanol–water partition coefficient (Wildman–Crippen LogP) is 3.52. The Morgan fingerprint density at radius 1 is 1.47 bits per heavy atom. The molecule has 2 aliphatic heterocycles. The number of halogens is 1. The van der Waals surface area contributed by atoms with Gasteiger partial charge in [0, 0.05) is 35.1 Å². The number of thioether (sulfide) groups is 1. The van der Waals surface area contributed by atoms with E-state index in [1.807, 2.05) is 17.8 Å². The van der Waals surface area contributed by atoms with E-state index in [2.05, 4.69) is 19.2 Å². The molecule has 0 saturated carbocycles. The Balaban J connectivity index is 1.95. The summed E-state index contributed by atoms with van der Waals surface area (Å²) in [5, 5.41) is 4.14. The van der Waals surface area contributed by atoms with Crippen LogP contribution in [0, 0.1) is 5.82 Å². The average molecular weight is 281 g/mol. The summed E-state index contributed by atoms with van der Waals surface area (Å²) in [7, 11) is 0. The van der Waals surface area contributed by atoms with Crippen molar-refractivity contribution in [3.8, 4) is 5.75 Å². The molecule has 0 radical (unpaired) electrons. The maximum Gasteiger partial charge on any atom is 0.127 e. The smallest absolute Gasteiger partial charge is 0.127 e. The first-order chi connectivity index (χ1) is 9.12. The lowest BCUT2D eigenvalue weighted by atomic mass is 9.85. The fraction of sp³-hybridized carbons (Fsp3) is 0.600. The highest BCUT2D eigenvalue weighted by Crippen LogP contribution is 2.48. The van der Waals surface area contributed by atoms with Gasteiger partial charge in [0.2, 0.25) is 0 Å². The lowest BCUT2D eigenvalue weighted by Crippen LogP contribution is -2.44. The first kappa shape index (κ1) is 13.3. The van der Waals surface area contributed by atoms with Gasteiger partial charge in [0.05, 0.1) is 0 Å². The van der Waals surface area contributed by atoms with E-state index in [0.29, 0.717) is 5.25 Å². The van der Waals surface area contributed by atoms with Crippen LogP contribution < -0.4 is 10.1 Å². The van der Waals surface area contributed by atoms with Crippen LogP contribution in [0.5, 0.6) is 5.75 Å². The lowest BCUT2D eigenvalue weighted by molar-refractivity contribution is 0.0512. The van der Waals surface area contributed by atoms with Crippen molar-refractivity contribution in [1.82, 2.24) is 5.32 Å². The van der Waals surface area contributed by atoms with Gasteiger partial charge in [-0.05, 0) is 19.0 Å². The number of rotatable bonds is 2. The van der Waals surface area contributed by atoms with Crippen LogP contribution in [0.3, 0.4) is 0 Å². The summed E-state index contributed by atoms with van der Waals surface area (Å²) >= 11 is 1.96. The van der Waals surface area contributed by atoms with Crippen molar-refractivity contribution < 1.29 is 9.13 Å². The Kier molecular flexibility index (Phi) is 3.48. The van der Waals surface area contributed by atoms with Crippen molar-refractivity contribution in [2.24, 2.45) is 0 Å². The summed E-state index contributed by atoms with van der Waals surface area (Å²) in [6.07, 6.45) is 2.03. The van der Waals surface area contributed by atoms with E-state index in [1.165, 1.54) is 12.1 Å². The zero-order valence-corrected chi connectivity index (χ0v) is 12.2. The highest BCUT2D eigenvalue weighted by atomic mass is 32.2. The molecule has 1 saturated heterocycles. The molecule has 2 aliphatic rings. The highest BCUT2D eigenvalue weighted by molar-refractivity contribution is 8.00. The Morgan fingerprint density at radius 2 is 2.32 bits per heavy atom. The molecule has 1 fully saturated rings. The molecule has 104 valence electrons. The van der Waals surface area contributed by atoms with Crippen LogP contribution >= 0.6 is 11.8 Å². The number of nitrogens with one attached hydrogen (secondary N) is 1. The minimum Gasteiger partial charge on any atom is -0.486 e. The number of hydrogen-bond donors (Lipinski definition) is 1. The third-order valence-electron chi connectivity index (χ3n) is 3.99. The van der Waals surface area contributed by atoms with E-state index in [0.717, 1.165) is 36.5 Å². The summed E-state index contributed by atoms with van der Waals surface area (Å²) in [6, 6.07) is 5.20. The minimum absolute atomic E-state index is 0.113. The van der Waals surface area contributed by atoms with E-state index in [1.54, 1.807) is 0 Å². The van der Waals surface area contributed by atoms with Gasteiger partial charge in [-0.3, -0.25) is 0 Å². The molecule has 1 N–H and O–H groups in total. The van der Waals surface area contributed by atoms with Gasteiger partial charge < -0.3 is 10.1 Å². The van der Waals surface area contributed by atoms with Crippen molar-refractivity contribution in [2.45, 2.75) is 43.6 Å². The topological polar surface area (TPSA) is 21.3 Å². The molecule has 0 amide bonds. The van der Waals surface area contributed by atoms with Crippen LogP contribution in [0.4, 0.5) is 4.39 Å². The van der Waals surface area contributed by atoms with Crippen LogP contribution in [-0.2, 0) is 0 Å². The summed E-state index contributed by atoms with van der Waals surface area (Å²) in [5.74, 6) is 1.52. The summed E-state index contributed by atoms with van der Waals surface area (Å²) in [6.45, 7) is 5.27. The van der Waals surface area contributed by atoms with Gasteiger partial charge in [0.1, 0.15) is 17.2 Å². The second kappa shape index (κ2) is 4.98. The first-order valence-electron chi connectivity index (χ1n) is 6.95. The zero-order valence-electron chi connectivity index (χ0n) is 11.4. The Labute approximate surface area is 118 Å². The van der Waals surface area contributed by atoms with E-state index < -0.39 is 0 Å². The third-order valence-corrected chi connectivity index (χ3v) is 5.42. The predicted molar refractivity (Wildman–Crippen MR) is 77.3 cm³/mol. The second-order valence-corrected chi connectivity index (χ2v) is 7.03. The third kappa shape index (κ3) is 2.48. The molecule has 3 rings (SSSR count). The Hall–Kier alpha value is -0.740. The van der Waals surface area contributed by atoms with Crippen molar-refractivity contribution >= 4 is 11.8 Å². The van der Waals surface area contributed by atoms with Crippen LogP contribution in [0.2, 0.25) is 0 Å². The van der Waals surface area contributed by atoms with Crippen LogP contribution in [0.25, 0.3) is 0 Å². The second-order valence-electron chi connectivity index (χ2n) is 5.61. The average Bonchev–Trinajstić information content (AvgIpc) is 2.70. The molecule has 4 heteroatoms. The van der Waals surface area contributed by atoms with Gasteiger partial charge >= 0.3 is 0 Å². The summed E-state index contributed by atoms with van der Waals surface area (Å²) < 4.78 is 19.7. The fourth-order valence-corrected chi connectivity index (χ4v) is 4.52. The van der Waals surface area contributed by atoms with E-state index >= 15 is 0 Å². The van der Waals surface area contributed by atoms with Gasteiger partial charge in [-0.15, -0.1) is 0 Å². The number of benzene rings is 1. The van der Waals surface area contributed by atoms with E-state index in [-0.39, 0.29) is 17.5 Å². The molecule has 19 heavy (non-hydrogen) atoms. The molecule has 0 bridgehead atoms. The van der Waals surface area contributed by atoms with Gasteiger partial charge in [0.25, 0.3) is 0 Å². The van der Waals surface area contributed by atoms with Gasteiger partial charge in [-0.1, -0.05) is 19.9 Å². The van der Waals surface area contributed by atoms with Crippen LogP contribution in [-0.4, -0.2) is 23.1 Å². The SMILES string of the molecule is CCNC1CC2(CSC(C)C2)Oc2cc(F)ccc21. The molecule has 2 nitrogen and oxygen atoms in total. The first-order valence-corrected chi connectivity index (χ1v) is 8.00. The molecule has 2 heterocycles. The number of ether oxygens (including phenoxy) is 1. The monoisotopic (exact) mass is 281 g/mol. The number of hydrogen-bond acceptors (Lipinski definition) is 3. The largest absolute Gasteiger partial charge is 0.486 e. The van der Waals surface area contributed by atoms with Crippen molar-refractivity contribution in [1.29, 1.82) is 0 Å². The quantitative estimate of drug-likeness (QED) is 0.896. The fourth-order valence-electron chi connectivity index (χ4n) is 3.22. The Morgan fingerprint density at radius 3 is 3.00 bits per heavy atom. The minimum atomic E-state index is -0.218. The molecule has 0 aromatic heterocycles. The molecule has 3 atom stereocenters. The van der Waals surface area contributed by atoms with Gasteiger partial charge in [-0.2, -0.15) is 11.8 Å². The van der Waals surface area contributed by atoms with E-state index in [9.17, 15) is 4.39 Å². The van der Waals surface area contributed by atoms with Gasteiger partial charge in [-0.25, -0.2) is 4.39 Å². The van der Waals surface area contributed by atoms with Crippen molar-refractivity contribution in [2.75, 3.05) is 12.3 Å². The number of fused-ring (bicyclic) bond motifs is 1. The molecular weight excluding hydrogens is 261 g/mol. The maximum atomic E-state index is 13.5. The molecular formula is C15H20FNOS. The molecule has 1 spiro atoms. The van der Waals surface area contributed by atoms with Crippen LogP contribution in [0.15, 0.2) is 18.2 Å². The summed E-state index contributed by atoms with van der Waals surface area (Å²) in [5.41, 5.74) is 0.982. The summed E-state index contributed by atoms with van der Waals surface area (Å²) in [4.78, 5) is 0. The Bertz CT molecular complexity index is 481.